The van der Waals surface area contributed by atoms with Crippen LogP contribution in [0.4, 0.5) is 0 Å². The summed E-state index contributed by atoms with van der Waals surface area (Å²) >= 11 is 0. The Morgan fingerprint density at radius 1 is 0.864 bits per heavy atom. The van der Waals surface area contributed by atoms with Crippen molar-refractivity contribution in [3.05, 3.63) is 36.9 Å². The molecule has 0 saturated heterocycles. The van der Waals surface area contributed by atoms with Crippen LogP contribution in [0.3, 0.4) is 0 Å². The highest BCUT2D eigenvalue weighted by Crippen LogP contribution is 2.17. The smallest absolute Gasteiger partial charge is 0.188 e. The Balaban J connectivity index is 1.97. The first-order valence-electron chi connectivity index (χ1n) is 7.56. The Kier molecular flexibility index (Phi) is 11.0. The van der Waals surface area contributed by atoms with Crippen LogP contribution in [0, 0.1) is 0 Å². The molecule has 0 fully saturated rings. The first kappa shape index (κ1) is 18.5. The molecule has 0 aliphatic heterocycles. The molecule has 0 radical (unpaired) electrons. The average Bonchev–Trinajstić information content (AvgIpc) is 2.56. The number of benzene rings is 1. The molecule has 0 heterocycles. The summed E-state index contributed by atoms with van der Waals surface area (Å²) in [6.07, 6.45) is 5.89. The predicted molar refractivity (Wildman–Crippen MR) is 85.0 cm³/mol. The monoisotopic (exact) mass is 310 g/mol. The van der Waals surface area contributed by atoms with Crippen LogP contribution in [0.2, 0.25) is 0 Å². The zero-order valence-corrected chi connectivity index (χ0v) is 13.3. The highest BCUT2D eigenvalue weighted by Gasteiger charge is 1.97. The van der Waals surface area contributed by atoms with Gasteiger partial charge in [0.15, 0.2) is 6.79 Å². The van der Waals surface area contributed by atoms with E-state index in [0.717, 1.165) is 37.2 Å². The number of hydrogen-bond acceptors (Lipinski definition) is 5. The third-order valence-electron chi connectivity index (χ3n) is 2.83. The molecular weight excluding hydrogens is 284 g/mol. The van der Waals surface area contributed by atoms with E-state index in [-0.39, 0.29) is 6.79 Å². The molecular formula is C17H26O5. The molecule has 0 N–H and O–H groups in total. The third kappa shape index (κ3) is 9.39. The minimum Gasteiger partial charge on any atom is -0.494 e. The molecule has 0 saturated carbocycles. The summed E-state index contributed by atoms with van der Waals surface area (Å²) < 4.78 is 15.8. The molecule has 1 aromatic rings. The zero-order chi connectivity index (χ0) is 15.9. The minimum atomic E-state index is 0.253. The molecule has 5 nitrogen and oxygen atoms in total. The Labute approximate surface area is 132 Å². The first-order chi connectivity index (χ1) is 10.9. The van der Waals surface area contributed by atoms with Crippen LogP contribution in [0.15, 0.2) is 36.9 Å². The summed E-state index contributed by atoms with van der Waals surface area (Å²) in [6, 6.07) is 7.54. The lowest BCUT2D eigenvalue weighted by atomic mass is 10.2. The van der Waals surface area contributed by atoms with Crippen molar-refractivity contribution in [2.75, 3.05) is 33.7 Å². The van der Waals surface area contributed by atoms with Crippen LogP contribution in [-0.2, 0) is 14.5 Å². The van der Waals surface area contributed by atoms with Crippen molar-refractivity contribution in [1.82, 2.24) is 0 Å². The molecule has 1 aromatic carbocycles. The summed E-state index contributed by atoms with van der Waals surface area (Å²) in [5.74, 6) is 1.62. The molecule has 0 bridgehead atoms. The van der Waals surface area contributed by atoms with Crippen LogP contribution < -0.4 is 9.47 Å². The van der Waals surface area contributed by atoms with Gasteiger partial charge in [-0.3, -0.25) is 0 Å². The van der Waals surface area contributed by atoms with Crippen molar-refractivity contribution in [3.63, 3.8) is 0 Å². The number of methoxy groups -OCH3 is 1. The van der Waals surface area contributed by atoms with Gasteiger partial charge in [0, 0.05) is 7.11 Å². The fourth-order valence-electron chi connectivity index (χ4n) is 1.72. The Hall–Kier alpha value is -1.56. The number of ether oxygens (including phenoxy) is 3. The van der Waals surface area contributed by atoms with E-state index in [1.807, 2.05) is 24.3 Å². The largest absolute Gasteiger partial charge is 0.494 e. The molecule has 0 aliphatic carbocycles. The van der Waals surface area contributed by atoms with Crippen LogP contribution in [0.25, 0.3) is 0 Å². The van der Waals surface area contributed by atoms with Crippen molar-refractivity contribution in [2.45, 2.75) is 25.7 Å². The van der Waals surface area contributed by atoms with Crippen LogP contribution in [-0.4, -0.2) is 33.7 Å². The first-order valence-corrected chi connectivity index (χ1v) is 7.56. The van der Waals surface area contributed by atoms with Gasteiger partial charge in [0.05, 0.1) is 13.2 Å². The Morgan fingerprint density at radius 2 is 1.50 bits per heavy atom. The number of hydrogen-bond donors (Lipinski definition) is 0. The van der Waals surface area contributed by atoms with E-state index in [1.54, 1.807) is 13.2 Å². The lowest BCUT2D eigenvalue weighted by molar-refractivity contribution is -0.286. The third-order valence-corrected chi connectivity index (χ3v) is 2.83. The summed E-state index contributed by atoms with van der Waals surface area (Å²) in [6.45, 7) is 5.56. The normalized spacial score (nSPS) is 10.4. The summed E-state index contributed by atoms with van der Waals surface area (Å²) in [5.41, 5.74) is 0. The van der Waals surface area contributed by atoms with E-state index < -0.39 is 0 Å². The number of rotatable bonds is 14. The maximum atomic E-state index is 5.67. The van der Waals surface area contributed by atoms with E-state index in [1.165, 1.54) is 0 Å². The topological polar surface area (TPSA) is 46.2 Å². The molecule has 0 unspecified atom stereocenters. The van der Waals surface area contributed by atoms with Gasteiger partial charge in [-0.15, -0.1) is 6.58 Å². The summed E-state index contributed by atoms with van der Waals surface area (Å²) in [4.78, 5) is 9.81. The van der Waals surface area contributed by atoms with Gasteiger partial charge in [0.1, 0.15) is 18.1 Å². The van der Waals surface area contributed by atoms with Gasteiger partial charge in [0.2, 0.25) is 0 Å². The minimum absolute atomic E-state index is 0.253. The van der Waals surface area contributed by atoms with Crippen molar-refractivity contribution in [2.24, 2.45) is 0 Å². The van der Waals surface area contributed by atoms with Crippen LogP contribution >= 0.6 is 0 Å². The second kappa shape index (κ2) is 13.1. The molecule has 0 aliphatic rings. The molecule has 22 heavy (non-hydrogen) atoms. The van der Waals surface area contributed by atoms with Crippen LogP contribution in [0.5, 0.6) is 11.5 Å². The Morgan fingerprint density at radius 3 is 2.14 bits per heavy atom. The fourth-order valence-corrected chi connectivity index (χ4v) is 1.72. The molecule has 0 aromatic heterocycles. The Bertz CT molecular complexity index is 377. The van der Waals surface area contributed by atoms with Crippen molar-refractivity contribution in [1.29, 1.82) is 0 Å². The molecule has 0 amide bonds. The van der Waals surface area contributed by atoms with Crippen molar-refractivity contribution in [3.8, 4) is 11.5 Å². The molecule has 1 rings (SSSR count). The van der Waals surface area contributed by atoms with Gasteiger partial charge in [0.25, 0.3) is 0 Å². The van der Waals surface area contributed by atoms with E-state index in [2.05, 4.69) is 6.58 Å². The summed E-state index contributed by atoms with van der Waals surface area (Å²) in [5, 5.41) is 0. The predicted octanol–water partition coefficient (Wildman–Crippen LogP) is 3.74. The van der Waals surface area contributed by atoms with Gasteiger partial charge in [-0.05, 0) is 43.5 Å². The second-order valence-electron chi connectivity index (χ2n) is 4.68. The standard InChI is InChI=1S/C17H26O5/c1-3-12-21-22-14-7-5-4-6-13-19-16-8-10-17(11-9-16)20-15-18-2/h3,8-11H,1,4-7,12-15H2,2H3. The average molecular weight is 310 g/mol. The zero-order valence-electron chi connectivity index (χ0n) is 13.3. The van der Waals surface area contributed by atoms with E-state index in [4.69, 9.17) is 24.0 Å². The summed E-state index contributed by atoms with van der Waals surface area (Å²) in [7, 11) is 1.60. The SMILES string of the molecule is C=CCOOCCCCCCOc1ccc(OCOC)cc1. The quantitative estimate of drug-likeness (QED) is 0.172. The fraction of sp³-hybridized carbons (Fsp3) is 0.529. The highest BCUT2D eigenvalue weighted by atomic mass is 17.2. The van der Waals surface area contributed by atoms with Crippen molar-refractivity contribution < 1.29 is 24.0 Å². The van der Waals surface area contributed by atoms with E-state index in [0.29, 0.717) is 19.8 Å². The lowest BCUT2D eigenvalue weighted by Crippen LogP contribution is -2.00. The lowest BCUT2D eigenvalue weighted by Gasteiger charge is -2.08. The molecule has 124 valence electrons. The molecule has 0 atom stereocenters. The van der Waals surface area contributed by atoms with Gasteiger partial charge < -0.3 is 14.2 Å². The second-order valence-corrected chi connectivity index (χ2v) is 4.68. The van der Waals surface area contributed by atoms with Crippen molar-refractivity contribution >= 4 is 0 Å². The highest BCUT2D eigenvalue weighted by molar-refractivity contribution is 5.31. The van der Waals surface area contributed by atoms with Gasteiger partial charge in [-0.25, -0.2) is 9.78 Å². The molecule has 0 spiro atoms. The van der Waals surface area contributed by atoms with Gasteiger partial charge >= 0.3 is 0 Å². The van der Waals surface area contributed by atoms with Gasteiger partial charge in [-0.1, -0.05) is 12.5 Å². The van der Waals surface area contributed by atoms with Crippen LogP contribution in [0.1, 0.15) is 25.7 Å². The van der Waals surface area contributed by atoms with E-state index >= 15 is 0 Å². The molecule has 5 heteroatoms. The maximum Gasteiger partial charge on any atom is 0.188 e. The van der Waals surface area contributed by atoms with Gasteiger partial charge in [-0.2, -0.15) is 0 Å². The number of unbranched alkanes of at least 4 members (excludes halogenated alkanes) is 3. The maximum absolute atomic E-state index is 5.67. The van der Waals surface area contributed by atoms with E-state index in [9.17, 15) is 0 Å².